The molecule has 0 radical (unpaired) electrons. The van der Waals surface area contributed by atoms with Crippen molar-refractivity contribution >= 4 is 29.2 Å². The molecule has 2 heterocycles. The Morgan fingerprint density at radius 2 is 2.04 bits per heavy atom. The lowest BCUT2D eigenvalue weighted by molar-refractivity contribution is -0.122. The summed E-state index contributed by atoms with van der Waals surface area (Å²) >= 11 is 5.96. The van der Waals surface area contributed by atoms with Crippen molar-refractivity contribution in [1.82, 2.24) is 4.98 Å². The summed E-state index contributed by atoms with van der Waals surface area (Å²) in [6, 6.07) is 8.16. The molecule has 4 rings (SSSR count). The Morgan fingerprint density at radius 1 is 1.27 bits per heavy atom. The number of carboxylic acid groups (broad SMARTS) is 1. The maximum atomic E-state index is 12.7. The lowest BCUT2D eigenvalue weighted by Crippen LogP contribution is -2.41. The number of nitrogens with zero attached hydrogens (tertiary/aromatic N) is 1. The van der Waals surface area contributed by atoms with Crippen molar-refractivity contribution < 1.29 is 19.4 Å². The zero-order chi connectivity index (χ0) is 18.3. The number of rotatable bonds is 3. The van der Waals surface area contributed by atoms with E-state index in [4.69, 9.17) is 16.3 Å². The van der Waals surface area contributed by atoms with E-state index in [-0.39, 0.29) is 17.6 Å². The molecule has 1 aromatic carbocycles. The SMILES string of the molecule is O=C(O)c1ccc2c(c1)C1(CCC(Oc3cc(Cl)ccn3)CC1)C(=O)N2. The summed E-state index contributed by atoms with van der Waals surface area (Å²) in [6.45, 7) is 0. The average Bonchev–Trinajstić information content (AvgIpc) is 2.88. The van der Waals surface area contributed by atoms with Crippen molar-refractivity contribution in [2.75, 3.05) is 5.32 Å². The maximum Gasteiger partial charge on any atom is 0.335 e. The number of fused-ring (bicyclic) bond motifs is 2. The number of aromatic nitrogens is 1. The summed E-state index contributed by atoms with van der Waals surface area (Å²) in [4.78, 5) is 28.1. The highest BCUT2D eigenvalue weighted by Gasteiger charge is 2.49. The van der Waals surface area contributed by atoms with Gasteiger partial charge in [0.1, 0.15) is 6.10 Å². The number of amides is 1. The largest absolute Gasteiger partial charge is 0.478 e. The molecule has 134 valence electrons. The first kappa shape index (κ1) is 16.8. The number of halogens is 1. The molecule has 6 nitrogen and oxygen atoms in total. The normalized spacial score (nSPS) is 24.2. The number of carbonyl (C=O) groups is 2. The fourth-order valence-electron chi connectivity index (χ4n) is 3.87. The predicted octanol–water partition coefficient (Wildman–Crippen LogP) is 3.64. The number of nitrogens with one attached hydrogen (secondary N) is 1. The summed E-state index contributed by atoms with van der Waals surface area (Å²) < 4.78 is 5.90. The van der Waals surface area contributed by atoms with Gasteiger partial charge in [0.15, 0.2) is 0 Å². The minimum absolute atomic E-state index is 0.0499. The molecule has 1 amide bonds. The van der Waals surface area contributed by atoms with Gasteiger partial charge in [0.2, 0.25) is 11.8 Å². The first-order valence-electron chi connectivity index (χ1n) is 8.45. The highest BCUT2D eigenvalue weighted by Crippen LogP contribution is 2.48. The molecular weight excluding hydrogens is 356 g/mol. The van der Waals surface area contributed by atoms with Crippen molar-refractivity contribution in [3.8, 4) is 5.88 Å². The van der Waals surface area contributed by atoms with Crippen LogP contribution in [0.25, 0.3) is 0 Å². The molecule has 0 unspecified atom stereocenters. The van der Waals surface area contributed by atoms with Crippen molar-refractivity contribution in [2.45, 2.75) is 37.2 Å². The molecule has 7 heteroatoms. The second kappa shape index (κ2) is 6.29. The Kier molecular flexibility index (Phi) is 4.07. The van der Waals surface area contributed by atoms with E-state index in [2.05, 4.69) is 10.3 Å². The zero-order valence-corrected chi connectivity index (χ0v) is 14.6. The molecule has 1 aliphatic carbocycles. The number of benzene rings is 1. The molecule has 1 aromatic heterocycles. The predicted molar refractivity (Wildman–Crippen MR) is 95.8 cm³/mol. The third-order valence-corrected chi connectivity index (χ3v) is 5.47. The molecule has 1 fully saturated rings. The van der Waals surface area contributed by atoms with Crippen LogP contribution >= 0.6 is 11.6 Å². The highest BCUT2D eigenvalue weighted by molar-refractivity contribution is 6.30. The van der Waals surface area contributed by atoms with E-state index >= 15 is 0 Å². The standard InChI is InChI=1S/C19H17ClN2O4/c20-12-5-8-21-16(10-12)26-13-3-6-19(7-4-13)14-9-11(17(23)24)1-2-15(14)22-18(19)25/h1-2,5,8-10,13H,3-4,6-7H2,(H,22,25)(H,23,24). The van der Waals surface area contributed by atoms with E-state index in [0.29, 0.717) is 42.3 Å². The number of carbonyl (C=O) groups excluding carboxylic acids is 1. The topological polar surface area (TPSA) is 88.5 Å². The molecule has 1 saturated carbocycles. The van der Waals surface area contributed by atoms with Crippen LogP contribution in [0.15, 0.2) is 36.5 Å². The molecule has 2 aliphatic rings. The number of hydrogen-bond donors (Lipinski definition) is 2. The number of aromatic carboxylic acids is 1. The Bertz CT molecular complexity index is 891. The van der Waals surface area contributed by atoms with Crippen LogP contribution in [0.4, 0.5) is 5.69 Å². The van der Waals surface area contributed by atoms with Crippen LogP contribution < -0.4 is 10.1 Å². The van der Waals surface area contributed by atoms with Gasteiger partial charge in [-0.2, -0.15) is 0 Å². The third kappa shape index (κ3) is 2.80. The summed E-state index contributed by atoms with van der Waals surface area (Å²) in [7, 11) is 0. The van der Waals surface area contributed by atoms with Crippen molar-refractivity contribution in [2.24, 2.45) is 0 Å². The van der Waals surface area contributed by atoms with Gasteiger partial charge in [0.05, 0.1) is 11.0 Å². The van der Waals surface area contributed by atoms with Crippen LogP contribution in [0.3, 0.4) is 0 Å². The van der Waals surface area contributed by atoms with Gasteiger partial charge >= 0.3 is 5.97 Å². The third-order valence-electron chi connectivity index (χ3n) is 5.24. The number of ether oxygens (including phenoxy) is 1. The molecule has 26 heavy (non-hydrogen) atoms. The quantitative estimate of drug-likeness (QED) is 0.858. The second-order valence-electron chi connectivity index (χ2n) is 6.73. The van der Waals surface area contributed by atoms with E-state index in [1.165, 1.54) is 6.07 Å². The molecule has 0 bridgehead atoms. The molecule has 1 spiro atoms. The number of anilines is 1. The van der Waals surface area contributed by atoms with Crippen LogP contribution in [-0.2, 0) is 10.2 Å². The van der Waals surface area contributed by atoms with E-state index in [1.54, 1.807) is 30.5 Å². The van der Waals surface area contributed by atoms with E-state index in [9.17, 15) is 14.7 Å². The van der Waals surface area contributed by atoms with Gasteiger partial charge in [-0.05, 0) is 55.5 Å². The summed E-state index contributed by atoms with van der Waals surface area (Å²) in [5, 5.41) is 12.7. The van der Waals surface area contributed by atoms with Crippen LogP contribution in [0.5, 0.6) is 5.88 Å². The summed E-state index contributed by atoms with van der Waals surface area (Å²) in [5.41, 5.74) is 1.00. The Balaban J connectivity index is 1.54. The van der Waals surface area contributed by atoms with Gasteiger partial charge in [-0.3, -0.25) is 4.79 Å². The molecule has 2 N–H and O–H groups in total. The first-order valence-corrected chi connectivity index (χ1v) is 8.83. The lowest BCUT2D eigenvalue weighted by Gasteiger charge is -2.35. The van der Waals surface area contributed by atoms with E-state index < -0.39 is 11.4 Å². The Hall–Kier alpha value is -2.60. The van der Waals surface area contributed by atoms with Crippen LogP contribution in [-0.4, -0.2) is 28.1 Å². The van der Waals surface area contributed by atoms with Crippen LogP contribution in [0, 0.1) is 0 Å². The molecule has 1 aliphatic heterocycles. The fourth-order valence-corrected chi connectivity index (χ4v) is 4.02. The monoisotopic (exact) mass is 372 g/mol. The average molecular weight is 373 g/mol. The Labute approximate surface area is 155 Å². The molecule has 2 aromatic rings. The van der Waals surface area contributed by atoms with Gasteiger partial charge in [-0.1, -0.05) is 11.6 Å². The molecule has 0 saturated heterocycles. The molecular formula is C19H17ClN2O4. The van der Waals surface area contributed by atoms with Gasteiger partial charge in [-0.25, -0.2) is 9.78 Å². The number of hydrogen-bond acceptors (Lipinski definition) is 4. The Morgan fingerprint density at radius 3 is 2.73 bits per heavy atom. The van der Waals surface area contributed by atoms with Crippen molar-refractivity contribution in [3.05, 3.63) is 52.7 Å². The van der Waals surface area contributed by atoms with Crippen LogP contribution in [0.2, 0.25) is 5.02 Å². The van der Waals surface area contributed by atoms with Gasteiger partial charge in [0, 0.05) is 23.0 Å². The molecule has 0 atom stereocenters. The van der Waals surface area contributed by atoms with E-state index in [0.717, 1.165) is 5.56 Å². The number of carboxylic acids is 1. The first-order chi connectivity index (χ1) is 12.5. The number of pyridine rings is 1. The highest BCUT2D eigenvalue weighted by atomic mass is 35.5. The maximum absolute atomic E-state index is 12.7. The van der Waals surface area contributed by atoms with Crippen molar-refractivity contribution in [1.29, 1.82) is 0 Å². The fraction of sp³-hybridized carbons (Fsp3) is 0.316. The van der Waals surface area contributed by atoms with Gasteiger partial charge in [0.25, 0.3) is 0 Å². The van der Waals surface area contributed by atoms with Gasteiger partial charge in [-0.15, -0.1) is 0 Å². The zero-order valence-electron chi connectivity index (χ0n) is 13.9. The lowest BCUT2D eigenvalue weighted by atomic mass is 9.69. The second-order valence-corrected chi connectivity index (χ2v) is 7.17. The minimum atomic E-state index is -0.994. The van der Waals surface area contributed by atoms with E-state index in [1.807, 2.05) is 0 Å². The minimum Gasteiger partial charge on any atom is -0.478 e. The van der Waals surface area contributed by atoms with Gasteiger partial charge < -0.3 is 15.2 Å². The smallest absolute Gasteiger partial charge is 0.335 e. The summed E-state index contributed by atoms with van der Waals surface area (Å²) in [5.74, 6) is -0.580. The van der Waals surface area contributed by atoms with Crippen LogP contribution in [0.1, 0.15) is 41.6 Å². The van der Waals surface area contributed by atoms with Crippen molar-refractivity contribution in [3.63, 3.8) is 0 Å². The summed E-state index contributed by atoms with van der Waals surface area (Å²) in [6.07, 6.45) is 4.10.